The van der Waals surface area contributed by atoms with Gasteiger partial charge in [0.15, 0.2) is 5.11 Å². The Balaban J connectivity index is 1.49. The minimum absolute atomic E-state index is 0.229. The van der Waals surface area contributed by atoms with Crippen molar-refractivity contribution in [3.05, 3.63) is 59.7 Å². The lowest BCUT2D eigenvalue weighted by atomic mass is 10.1. The number of hydrogen-bond acceptors (Lipinski definition) is 4. The van der Waals surface area contributed by atoms with E-state index in [4.69, 9.17) is 12.2 Å². The van der Waals surface area contributed by atoms with Gasteiger partial charge in [-0.2, -0.15) is 0 Å². The predicted octanol–water partition coefficient (Wildman–Crippen LogP) is 3.82. The number of amides is 2. The van der Waals surface area contributed by atoms with Gasteiger partial charge in [0, 0.05) is 49.5 Å². The summed E-state index contributed by atoms with van der Waals surface area (Å²) in [5.74, 6) is 0.0193. The lowest BCUT2D eigenvalue weighted by Crippen LogP contribution is -2.48. The van der Waals surface area contributed by atoms with E-state index in [1.807, 2.05) is 48.2 Å². The van der Waals surface area contributed by atoms with E-state index < -0.39 is 0 Å². The summed E-state index contributed by atoms with van der Waals surface area (Å²) in [6.45, 7) is 7.28. The number of carbonyl (C=O) groups is 2. The first-order chi connectivity index (χ1) is 15.0. The third-order valence-corrected chi connectivity index (χ3v) is 5.64. The van der Waals surface area contributed by atoms with Gasteiger partial charge in [0.1, 0.15) is 0 Å². The maximum absolute atomic E-state index is 12.3. The normalized spacial score (nSPS) is 13.6. The van der Waals surface area contributed by atoms with E-state index in [0.29, 0.717) is 12.0 Å². The smallest absolute Gasteiger partial charge is 0.257 e. The van der Waals surface area contributed by atoms with Crippen LogP contribution in [0.2, 0.25) is 0 Å². The second-order valence-corrected chi connectivity index (χ2v) is 8.03. The Bertz CT molecular complexity index is 904. The van der Waals surface area contributed by atoms with Crippen LogP contribution >= 0.6 is 12.2 Å². The molecule has 0 aliphatic carbocycles. The predicted molar refractivity (Wildman–Crippen MR) is 130 cm³/mol. The third kappa shape index (κ3) is 6.28. The molecule has 1 aliphatic rings. The van der Waals surface area contributed by atoms with Crippen LogP contribution in [-0.2, 0) is 11.2 Å². The topological polar surface area (TPSA) is 64.7 Å². The van der Waals surface area contributed by atoms with Crippen LogP contribution in [0, 0.1) is 0 Å². The Kier molecular flexibility index (Phi) is 8.00. The van der Waals surface area contributed by atoms with Crippen molar-refractivity contribution in [2.45, 2.75) is 33.1 Å². The van der Waals surface area contributed by atoms with Gasteiger partial charge in [-0.15, -0.1) is 0 Å². The molecule has 0 unspecified atom stereocenters. The van der Waals surface area contributed by atoms with Crippen LogP contribution in [0.4, 0.5) is 11.4 Å². The summed E-state index contributed by atoms with van der Waals surface area (Å²) in [5, 5.41) is 6.04. The molecule has 0 atom stereocenters. The number of anilines is 2. The van der Waals surface area contributed by atoms with E-state index in [0.717, 1.165) is 50.4 Å². The molecule has 0 radical (unpaired) electrons. The molecule has 0 aromatic heterocycles. The van der Waals surface area contributed by atoms with Gasteiger partial charge in [-0.25, -0.2) is 0 Å². The zero-order valence-electron chi connectivity index (χ0n) is 18.2. The molecule has 1 heterocycles. The molecule has 7 heteroatoms. The Labute approximate surface area is 189 Å². The van der Waals surface area contributed by atoms with Crippen molar-refractivity contribution >= 4 is 40.5 Å². The van der Waals surface area contributed by atoms with E-state index in [1.165, 1.54) is 5.56 Å². The van der Waals surface area contributed by atoms with E-state index in [2.05, 4.69) is 22.5 Å². The number of aryl methyl sites for hydroxylation is 1. The summed E-state index contributed by atoms with van der Waals surface area (Å²) in [4.78, 5) is 28.6. The quantitative estimate of drug-likeness (QED) is 0.671. The molecule has 3 rings (SSSR count). The van der Waals surface area contributed by atoms with Gasteiger partial charge in [0.2, 0.25) is 5.91 Å². The summed E-state index contributed by atoms with van der Waals surface area (Å²) in [6, 6.07) is 15.5. The van der Waals surface area contributed by atoms with Gasteiger partial charge in [-0.1, -0.05) is 26.0 Å². The monoisotopic (exact) mass is 438 g/mol. The molecule has 0 bridgehead atoms. The number of carbonyl (C=O) groups excluding carboxylic acids is 2. The second-order valence-electron chi connectivity index (χ2n) is 7.62. The first kappa shape index (κ1) is 22.7. The Morgan fingerprint density at radius 1 is 0.935 bits per heavy atom. The van der Waals surface area contributed by atoms with Gasteiger partial charge in [-0.3, -0.25) is 14.9 Å². The number of rotatable bonds is 6. The summed E-state index contributed by atoms with van der Waals surface area (Å²) >= 11 is 5.29. The number of nitrogens with one attached hydrogen (secondary N) is 2. The number of thiocarbonyl (C=S) groups is 1. The van der Waals surface area contributed by atoms with Gasteiger partial charge in [0.25, 0.3) is 5.91 Å². The molecular weight excluding hydrogens is 408 g/mol. The largest absolute Gasteiger partial charge is 0.368 e. The van der Waals surface area contributed by atoms with Crippen LogP contribution in [0.25, 0.3) is 0 Å². The van der Waals surface area contributed by atoms with E-state index in [9.17, 15) is 9.59 Å². The molecule has 1 aliphatic heterocycles. The molecule has 2 aromatic rings. The highest BCUT2D eigenvalue weighted by Crippen LogP contribution is 2.20. The van der Waals surface area contributed by atoms with E-state index in [1.54, 1.807) is 12.1 Å². The molecule has 164 valence electrons. The van der Waals surface area contributed by atoms with Crippen LogP contribution in [0.5, 0.6) is 0 Å². The summed E-state index contributed by atoms with van der Waals surface area (Å²) in [5.41, 5.74) is 3.69. The van der Waals surface area contributed by atoms with Crippen LogP contribution < -0.4 is 15.5 Å². The van der Waals surface area contributed by atoms with Crippen molar-refractivity contribution < 1.29 is 9.59 Å². The summed E-state index contributed by atoms with van der Waals surface area (Å²) in [7, 11) is 0. The Morgan fingerprint density at radius 3 is 2.16 bits per heavy atom. The van der Waals surface area contributed by atoms with Crippen molar-refractivity contribution in [2.75, 3.05) is 36.4 Å². The molecule has 2 amide bonds. The highest BCUT2D eigenvalue weighted by Gasteiger charge is 2.20. The van der Waals surface area contributed by atoms with Crippen molar-refractivity contribution in [3.8, 4) is 0 Å². The van der Waals surface area contributed by atoms with Crippen LogP contribution in [0.15, 0.2) is 48.5 Å². The van der Waals surface area contributed by atoms with Crippen molar-refractivity contribution in [2.24, 2.45) is 0 Å². The second kappa shape index (κ2) is 10.9. The molecule has 6 nitrogen and oxygen atoms in total. The van der Waals surface area contributed by atoms with Crippen LogP contribution in [0.3, 0.4) is 0 Å². The Hall–Kier alpha value is -2.93. The number of piperazine rings is 1. The highest BCUT2D eigenvalue weighted by molar-refractivity contribution is 7.80. The first-order valence-corrected chi connectivity index (χ1v) is 11.2. The maximum atomic E-state index is 12.3. The number of nitrogens with zero attached hydrogens (tertiary/aromatic N) is 2. The van der Waals surface area contributed by atoms with Crippen LogP contribution in [0.1, 0.15) is 42.6 Å². The van der Waals surface area contributed by atoms with Gasteiger partial charge >= 0.3 is 0 Å². The van der Waals surface area contributed by atoms with E-state index in [-0.39, 0.29) is 16.9 Å². The van der Waals surface area contributed by atoms with Crippen molar-refractivity contribution in [1.82, 2.24) is 10.2 Å². The molecule has 1 saturated heterocycles. The molecule has 2 aromatic carbocycles. The molecule has 0 saturated carbocycles. The first-order valence-electron chi connectivity index (χ1n) is 10.8. The maximum Gasteiger partial charge on any atom is 0.257 e. The van der Waals surface area contributed by atoms with Crippen LogP contribution in [-0.4, -0.2) is 48.0 Å². The fourth-order valence-corrected chi connectivity index (χ4v) is 3.78. The van der Waals surface area contributed by atoms with Crippen molar-refractivity contribution in [3.63, 3.8) is 0 Å². The number of benzene rings is 2. The zero-order chi connectivity index (χ0) is 22.2. The average molecular weight is 439 g/mol. The SMILES string of the molecule is CCCC(=O)N1CCN(c2ccc(NC(=S)NC(=O)c3ccc(CC)cc3)cc2)CC1. The summed E-state index contributed by atoms with van der Waals surface area (Å²) in [6.07, 6.45) is 2.45. The minimum Gasteiger partial charge on any atom is -0.368 e. The Morgan fingerprint density at radius 2 is 1.58 bits per heavy atom. The minimum atomic E-state index is -0.229. The molecule has 0 spiro atoms. The third-order valence-electron chi connectivity index (χ3n) is 5.44. The molecule has 31 heavy (non-hydrogen) atoms. The highest BCUT2D eigenvalue weighted by atomic mass is 32.1. The fraction of sp³-hybridized carbons (Fsp3) is 0.375. The molecule has 1 fully saturated rings. The summed E-state index contributed by atoms with van der Waals surface area (Å²) < 4.78 is 0. The van der Waals surface area contributed by atoms with E-state index >= 15 is 0 Å². The number of hydrogen-bond donors (Lipinski definition) is 2. The average Bonchev–Trinajstić information content (AvgIpc) is 2.80. The zero-order valence-corrected chi connectivity index (χ0v) is 19.0. The van der Waals surface area contributed by atoms with Gasteiger partial charge < -0.3 is 15.1 Å². The van der Waals surface area contributed by atoms with Gasteiger partial charge in [-0.05, 0) is 67.0 Å². The fourth-order valence-electron chi connectivity index (χ4n) is 3.57. The van der Waals surface area contributed by atoms with Gasteiger partial charge in [0.05, 0.1) is 0 Å². The molecular formula is C24H30N4O2S. The lowest BCUT2D eigenvalue weighted by Gasteiger charge is -2.36. The lowest BCUT2D eigenvalue weighted by molar-refractivity contribution is -0.131. The standard InChI is InChI=1S/C24H30N4O2S/c1-3-5-22(29)28-16-14-27(15-17-28)21-12-10-20(11-13-21)25-24(31)26-23(30)19-8-6-18(4-2)7-9-19/h6-13H,3-5,14-17H2,1-2H3,(H2,25,26,30,31). The van der Waals surface area contributed by atoms with Crippen molar-refractivity contribution in [1.29, 1.82) is 0 Å². The molecule has 2 N–H and O–H groups in total.